The first kappa shape index (κ1) is 17.6. The van der Waals surface area contributed by atoms with Crippen molar-refractivity contribution in [2.45, 2.75) is 25.3 Å². The molecule has 1 unspecified atom stereocenters. The Morgan fingerprint density at radius 2 is 2.15 bits per heavy atom. The lowest BCUT2D eigenvalue weighted by atomic mass is 10.1. The molecule has 3 heterocycles. The highest BCUT2D eigenvalue weighted by Gasteiger charge is 2.29. The van der Waals surface area contributed by atoms with E-state index < -0.39 is 0 Å². The smallest absolute Gasteiger partial charge is 0.242 e. The van der Waals surface area contributed by atoms with Crippen LogP contribution in [-0.2, 0) is 11.2 Å². The number of carbonyl (C=O) groups excluding carboxylic acids is 1. The van der Waals surface area contributed by atoms with Gasteiger partial charge in [-0.05, 0) is 55.8 Å². The van der Waals surface area contributed by atoms with E-state index in [2.05, 4.69) is 25.2 Å². The van der Waals surface area contributed by atoms with E-state index in [0.29, 0.717) is 18.5 Å². The minimum absolute atomic E-state index is 0.0212. The molecule has 0 saturated carbocycles. The number of H-pyrrole nitrogens is 1. The monoisotopic (exact) mass is 367 g/mol. The molecule has 6 nitrogen and oxygen atoms in total. The highest BCUT2D eigenvalue weighted by atomic mass is 19.1. The average Bonchev–Trinajstić information content (AvgIpc) is 3.32. The summed E-state index contributed by atoms with van der Waals surface area (Å²) in [6, 6.07) is 7.96. The van der Waals surface area contributed by atoms with E-state index in [-0.39, 0.29) is 17.8 Å². The molecule has 1 atom stereocenters. The molecule has 0 aliphatic carbocycles. The summed E-state index contributed by atoms with van der Waals surface area (Å²) in [6.07, 6.45) is 6.25. The van der Waals surface area contributed by atoms with E-state index in [1.165, 1.54) is 12.1 Å². The number of amides is 1. The molecule has 4 rings (SSSR count). The zero-order valence-electron chi connectivity index (χ0n) is 15.0. The van der Waals surface area contributed by atoms with Gasteiger partial charge in [0.15, 0.2) is 0 Å². The molecule has 0 spiro atoms. The third-order valence-electron chi connectivity index (χ3n) is 4.91. The van der Waals surface area contributed by atoms with E-state index in [4.69, 9.17) is 0 Å². The normalized spacial score (nSPS) is 15.9. The van der Waals surface area contributed by atoms with Gasteiger partial charge in [-0.25, -0.2) is 9.37 Å². The Morgan fingerprint density at radius 3 is 2.93 bits per heavy atom. The summed E-state index contributed by atoms with van der Waals surface area (Å²) in [4.78, 5) is 26.8. The second-order valence-electron chi connectivity index (χ2n) is 6.82. The van der Waals surface area contributed by atoms with Gasteiger partial charge in [0.05, 0.1) is 11.0 Å². The van der Waals surface area contributed by atoms with Crippen LogP contribution in [0, 0.1) is 5.82 Å². The van der Waals surface area contributed by atoms with Crippen LogP contribution in [0.5, 0.6) is 0 Å². The lowest BCUT2D eigenvalue weighted by Gasteiger charge is -2.26. The van der Waals surface area contributed by atoms with E-state index in [1.54, 1.807) is 18.5 Å². The van der Waals surface area contributed by atoms with Crippen LogP contribution >= 0.6 is 0 Å². The lowest BCUT2D eigenvalue weighted by molar-refractivity contribution is -0.126. The Balaban J connectivity index is 1.41. The largest absolute Gasteiger partial charge is 0.354 e. The van der Waals surface area contributed by atoms with Gasteiger partial charge in [-0.3, -0.25) is 14.7 Å². The first-order valence-electron chi connectivity index (χ1n) is 9.26. The minimum Gasteiger partial charge on any atom is -0.354 e. The fourth-order valence-corrected chi connectivity index (χ4v) is 3.62. The van der Waals surface area contributed by atoms with Crippen molar-refractivity contribution in [1.29, 1.82) is 0 Å². The van der Waals surface area contributed by atoms with Crippen LogP contribution in [0.4, 0.5) is 4.39 Å². The van der Waals surface area contributed by atoms with Gasteiger partial charge in [0, 0.05) is 25.4 Å². The Morgan fingerprint density at radius 1 is 1.30 bits per heavy atom. The van der Waals surface area contributed by atoms with Crippen LogP contribution in [0.15, 0.2) is 42.7 Å². The van der Waals surface area contributed by atoms with Crippen molar-refractivity contribution in [3.63, 3.8) is 0 Å². The molecule has 27 heavy (non-hydrogen) atoms. The van der Waals surface area contributed by atoms with Crippen molar-refractivity contribution in [2.24, 2.45) is 0 Å². The zero-order chi connectivity index (χ0) is 18.6. The fraction of sp³-hybridized carbons (Fsp3) is 0.350. The fourth-order valence-electron chi connectivity index (χ4n) is 3.62. The number of fused-ring (bicyclic) bond motifs is 1. The summed E-state index contributed by atoms with van der Waals surface area (Å²) < 4.78 is 13.3. The van der Waals surface area contributed by atoms with Crippen LogP contribution in [0.2, 0.25) is 0 Å². The number of likely N-dealkylation sites (tertiary alicyclic amines) is 1. The van der Waals surface area contributed by atoms with Gasteiger partial charge in [0.25, 0.3) is 0 Å². The SMILES string of the molecule is O=C(NCCc1nc2ccc(F)cc2[nH]1)C(c1cccnc1)N1CCCC1. The van der Waals surface area contributed by atoms with Gasteiger partial charge in [-0.15, -0.1) is 0 Å². The molecule has 7 heteroatoms. The summed E-state index contributed by atoms with van der Waals surface area (Å²) in [5.74, 6) is 0.415. The number of aromatic nitrogens is 3. The van der Waals surface area contributed by atoms with Crippen molar-refractivity contribution in [2.75, 3.05) is 19.6 Å². The molecular formula is C20H22FN5O. The lowest BCUT2D eigenvalue weighted by Crippen LogP contribution is -2.40. The predicted octanol–water partition coefficient (Wildman–Crippen LogP) is 2.59. The summed E-state index contributed by atoms with van der Waals surface area (Å²) >= 11 is 0. The van der Waals surface area contributed by atoms with Crippen LogP contribution in [0.1, 0.15) is 30.3 Å². The molecule has 1 aliphatic rings. The Kier molecular flexibility index (Phi) is 5.11. The van der Waals surface area contributed by atoms with Gasteiger partial charge in [0.1, 0.15) is 17.7 Å². The average molecular weight is 367 g/mol. The van der Waals surface area contributed by atoms with Crippen LogP contribution < -0.4 is 5.32 Å². The maximum atomic E-state index is 13.3. The maximum Gasteiger partial charge on any atom is 0.242 e. The van der Waals surface area contributed by atoms with E-state index >= 15 is 0 Å². The number of imidazole rings is 1. The van der Waals surface area contributed by atoms with Crippen LogP contribution in [0.3, 0.4) is 0 Å². The number of rotatable bonds is 6. The topological polar surface area (TPSA) is 73.9 Å². The first-order valence-corrected chi connectivity index (χ1v) is 9.26. The number of hydrogen-bond donors (Lipinski definition) is 2. The molecule has 0 bridgehead atoms. The summed E-state index contributed by atoms with van der Waals surface area (Å²) in [5, 5.41) is 3.02. The number of pyridine rings is 1. The van der Waals surface area contributed by atoms with Crippen molar-refractivity contribution in [3.8, 4) is 0 Å². The van der Waals surface area contributed by atoms with Crippen molar-refractivity contribution >= 4 is 16.9 Å². The second kappa shape index (κ2) is 7.84. The van der Waals surface area contributed by atoms with Gasteiger partial charge in [0.2, 0.25) is 5.91 Å². The Labute approximate surface area is 156 Å². The number of hydrogen-bond acceptors (Lipinski definition) is 4. The van der Waals surface area contributed by atoms with Crippen molar-refractivity contribution < 1.29 is 9.18 Å². The highest BCUT2D eigenvalue weighted by Crippen LogP contribution is 2.24. The molecule has 1 fully saturated rings. The number of aromatic amines is 1. The van der Waals surface area contributed by atoms with E-state index in [1.807, 2.05) is 12.1 Å². The van der Waals surface area contributed by atoms with Gasteiger partial charge < -0.3 is 10.3 Å². The van der Waals surface area contributed by atoms with Crippen LogP contribution in [-0.4, -0.2) is 45.4 Å². The molecule has 1 saturated heterocycles. The third-order valence-corrected chi connectivity index (χ3v) is 4.91. The van der Waals surface area contributed by atoms with Crippen molar-refractivity contribution in [3.05, 3.63) is 59.9 Å². The Bertz CT molecular complexity index is 921. The van der Waals surface area contributed by atoms with E-state index in [9.17, 15) is 9.18 Å². The summed E-state index contributed by atoms with van der Waals surface area (Å²) in [5.41, 5.74) is 2.31. The molecule has 2 N–H and O–H groups in total. The molecule has 0 radical (unpaired) electrons. The Hall–Kier alpha value is -2.80. The molecule has 3 aromatic rings. The van der Waals surface area contributed by atoms with E-state index in [0.717, 1.165) is 42.8 Å². The molecule has 1 aromatic carbocycles. The highest BCUT2D eigenvalue weighted by molar-refractivity contribution is 5.83. The maximum absolute atomic E-state index is 13.3. The molecule has 1 amide bonds. The number of nitrogens with zero attached hydrogens (tertiary/aromatic N) is 3. The standard InChI is InChI=1S/C20H22FN5O/c21-15-5-6-16-17(12-15)25-18(24-16)7-9-23-20(27)19(26-10-1-2-11-26)14-4-3-8-22-13-14/h3-6,8,12-13,19H,1-2,7,9-11H2,(H,23,27)(H,24,25). The first-order chi connectivity index (χ1) is 13.2. The molecule has 2 aromatic heterocycles. The summed E-state index contributed by atoms with van der Waals surface area (Å²) in [7, 11) is 0. The molecule has 1 aliphatic heterocycles. The number of carbonyl (C=O) groups is 1. The number of nitrogens with one attached hydrogen (secondary N) is 2. The quantitative estimate of drug-likeness (QED) is 0.702. The molecule has 140 valence electrons. The minimum atomic E-state index is -0.314. The third kappa shape index (κ3) is 3.98. The molecular weight excluding hydrogens is 345 g/mol. The predicted molar refractivity (Wildman–Crippen MR) is 101 cm³/mol. The second-order valence-corrected chi connectivity index (χ2v) is 6.82. The van der Waals surface area contributed by atoms with Crippen molar-refractivity contribution in [1.82, 2.24) is 25.2 Å². The van der Waals surface area contributed by atoms with Gasteiger partial charge in [-0.1, -0.05) is 6.07 Å². The van der Waals surface area contributed by atoms with Crippen LogP contribution in [0.25, 0.3) is 11.0 Å². The van der Waals surface area contributed by atoms with Gasteiger partial charge >= 0.3 is 0 Å². The van der Waals surface area contributed by atoms with Gasteiger partial charge in [-0.2, -0.15) is 0 Å². The number of halogens is 1. The zero-order valence-corrected chi connectivity index (χ0v) is 15.0. The number of benzene rings is 1. The summed E-state index contributed by atoms with van der Waals surface area (Å²) in [6.45, 7) is 2.30.